The Hall–Kier alpha value is -0.650. The second-order valence-electron chi connectivity index (χ2n) is 2.78. The molecule has 0 aliphatic heterocycles. The number of carbonyl (C=O) groups is 1. The van der Waals surface area contributed by atoms with Crippen molar-refractivity contribution in [3.8, 4) is 0 Å². The van der Waals surface area contributed by atoms with E-state index >= 15 is 0 Å². The van der Waals surface area contributed by atoms with Crippen molar-refractivity contribution in [3.63, 3.8) is 0 Å². The van der Waals surface area contributed by atoms with E-state index < -0.39 is 6.04 Å². The number of hydrogen-bond acceptors (Lipinski definition) is 4. The van der Waals surface area contributed by atoms with E-state index in [-0.39, 0.29) is 5.91 Å². The summed E-state index contributed by atoms with van der Waals surface area (Å²) in [4.78, 5) is 10.9. The van der Waals surface area contributed by atoms with E-state index in [0.717, 1.165) is 0 Å². The molecule has 0 aliphatic rings. The SMILES string of the molecule is CCNC(COCCOCC)C(N)=O. The Morgan fingerprint density at radius 3 is 2.50 bits per heavy atom. The Bertz CT molecular complexity index is 153. The molecule has 0 rings (SSSR count). The first kappa shape index (κ1) is 13.4. The third-order valence-electron chi connectivity index (χ3n) is 1.65. The zero-order chi connectivity index (χ0) is 10.8. The van der Waals surface area contributed by atoms with E-state index in [2.05, 4.69) is 5.32 Å². The second kappa shape index (κ2) is 8.93. The molecule has 0 fully saturated rings. The lowest BCUT2D eigenvalue weighted by molar-refractivity contribution is -0.121. The minimum Gasteiger partial charge on any atom is -0.379 e. The fourth-order valence-electron chi connectivity index (χ4n) is 0.951. The maximum atomic E-state index is 10.9. The Balaban J connectivity index is 3.46. The molecule has 5 nitrogen and oxygen atoms in total. The van der Waals surface area contributed by atoms with E-state index in [1.807, 2.05) is 13.8 Å². The van der Waals surface area contributed by atoms with Gasteiger partial charge < -0.3 is 20.5 Å². The maximum absolute atomic E-state index is 10.9. The lowest BCUT2D eigenvalue weighted by Crippen LogP contribution is -2.44. The number of hydrogen-bond donors (Lipinski definition) is 2. The number of amides is 1. The average molecular weight is 204 g/mol. The van der Waals surface area contributed by atoms with Crippen molar-refractivity contribution in [1.82, 2.24) is 5.32 Å². The van der Waals surface area contributed by atoms with Crippen LogP contribution in [-0.4, -0.2) is 44.9 Å². The molecule has 0 saturated carbocycles. The summed E-state index contributed by atoms with van der Waals surface area (Å²) >= 11 is 0. The van der Waals surface area contributed by atoms with Crippen LogP contribution in [0.4, 0.5) is 0 Å². The van der Waals surface area contributed by atoms with Crippen molar-refractivity contribution in [1.29, 1.82) is 0 Å². The number of rotatable bonds is 9. The van der Waals surface area contributed by atoms with Gasteiger partial charge in [-0.3, -0.25) is 4.79 Å². The van der Waals surface area contributed by atoms with Gasteiger partial charge in [0, 0.05) is 6.61 Å². The van der Waals surface area contributed by atoms with Crippen LogP contribution in [0, 0.1) is 0 Å². The molecular weight excluding hydrogens is 184 g/mol. The van der Waals surface area contributed by atoms with Crippen LogP contribution in [0.25, 0.3) is 0 Å². The van der Waals surface area contributed by atoms with Crippen molar-refractivity contribution in [3.05, 3.63) is 0 Å². The zero-order valence-electron chi connectivity index (χ0n) is 8.91. The lowest BCUT2D eigenvalue weighted by Gasteiger charge is -2.14. The van der Waals surface area contributed by atoms with E-state index in [1.165, 1.54) is 0 Å². The Kier molecular flexibility index (Phi) is 8.51. The van der Waals surface area contributed by atoms with Gasteiger partial charge in [0.25, 0.3) is 0 Å². The van der Waals surface area contributed by atoms with Gasteiger partial charge in [-0.25, -0.2) is 0 Å². The highest BCUT2D eigenvalue weighted by Gasteiger charge is 2.12. The topological polar surface area (TPSA) is 73.6 Å². The quantitative estimate of drug-likeness (QED) is 0.497. The molecule has 0 aromatic heterocycles. The Labute approximate surface area is 84.9 Å². The van der Waals surface area contributed by atoms with Gasteiger partial charge in [-0.1, -0.05) is 6.92 Å². The summed E-state index contributed by atoms with van der Waals surface area (Å²) in [5.41, 5.74) is 5.15. The van der Waals surface area contributed by atoms with Gasteiger partial charge in [-0.15, -0.1) is 0 Å². The number of nitrogens with two attached hydrogens (primary N) is 1. The molecule has 1 amide bonds. The summed E-state index contributed by atoms with van der Waals surface area (Å²) in [7, 11) is 0. The van der Waals surface area contributed by atoms with Crippen LogP contribution >= 0.6 is 0 Å². The van der Waals surface area contributed by atoms with Crippen molar-refractivity contribution >= 4 is 5.91 Å². The number of carbonyl (C=O) groups excluding carboxylic acids is 1. The highest BCUT2D eigenvalue weighted by atomic mass is 16.5. The molecule has 5 heteroatoms. The molecule has 0 aromatic rings. The van der Waals surface area contributed by atoms with Gasteiger partial charge in [0.15, 0.2) is 0 Å². The van der Waals surface area contributed by atoms with Crippen LogP contribution in [0.3, 0.4) is 0 Å². The third-order valence-corrected chi connectivity index (χ3v) is 1.65. The summed E-state index contributed by atoms with van der Waals surface area (Å²) in [6.07, 6.45) is 0. The number of nitrogens with one attached hydrogen (secondary N) is 1. The fourth-order valence-corrected chi connectivity index (χ4v) is 0.951. The number of primary amides is 1. The second-order valence-corrected chi connectivity index (χ2v) is 2.78. The molecule has 0 aliphatic carbocycles. The summed E-state index contributed by atoms with van der Waals surface area (Å²) in [5.74, 6) is -0.386. The molecule has 0 bridgehead atoms. The van der Waals surface area contributed by atoms with Crippen LogP contribution in [0.2, 0.25) is 0 Å². The molecule has 0 spiro atoms. The Morgan fingerprint density at radius 1 is 1.36 bits per heavy atom. The van der Waals surface area contributed by atoms with E-state index in [0.29, 0.717) is 33.0 Å². The van der Waals surface area contributed by atoms with Crippen LogP contribution in [0.5, 0.6) is 0 Å². The van der Waals surface area contributed by atoms with Gasteiger partial charge in [0.05, 0.1) is 19.8 Å². The molecule has 1 atom stereocenters. The maximum Gasteiger partial charge on any atom is 0.236 e. The normalized spacial score (nSPS) is 12.7. The van der Waals surface area contributed by atoms with Crippen LogP contribution in [-0.2, 0) is 14.3 Å². The first-order valence-electron chi connectivity index (χ1n) is 4.90. The average Bonchev–Trinajstić information content (AvgIpc) is 2.15. The summed E-state index contributed by atoms with van der Waals surface area (Å²) in [6, 6.07) is -0.401. The number of likely N-dealkylation sites (N-methyl/N-ethyl adjacent to an activating group) is 1. The van der Waals surface area contributed by atoms with Gasteiger partial charge >= 0.3 is 0 Å². The fraction of sp³-hybridized carbons (Fsp3) is 0.889. The van der Waals surface area contributed by atoms with Crippen molar-refractivity contribution in [2.45, 2.75) is 19.9 Å². The minimum absolute atomic E-state index is 0.302. The first-order valence-corrected chi connectivity index (χ1v) is 4.90. The molecule has 0 radical (unpaired) electrons. The predicted octanol–water partition coefficient (Wildman–Crippen LogP) is -0.497. The van der Waals surface area contributed by atoms with Crippen molar-refractivity contribution in [2.75, 3.05) is 33.0 Å². The lowest BCUT2D eigenvalue weighted by atomic mass is 10.3. The summed E-state index contributed by atoms with van der Waals surface area (Å²) < 4.78 is 10.3. The molecular formula is C9H20N2O3. The van der Waals surface area contributed by atoms with Crippen LogP contribution in [0.1, 0.15) is 13.8 Å². The van der Waals surface area contributed by atoms with Crippen molar-refractivity contribution < 1.29 is 14.3 Å². The predicted molar refractivity (Wildman–Crippen MR) is 54.0 cm³/mol. The van der Waals surface area contributed by atoms with Gasteiger partial charge in [0.1, 0.15) is 6.04 Å². The molecule has 1 unspecified atom stereocenters. The summed E-state index contributed by atoms with van der Waals surface area (Å²) in [5, 5.41) is 2.93. The monoisotopic (exact) mass is 204 g/mol. The smallest absolute Gasteiger partial charge is 0.236 e. The Morgan fingerprint density at radius 2 is 2.00 bits per heavy atom. The van der Waals surface area contributed by atoms with Gasteiger partial charge in [0.2, 0.25) is 5.91 Å². The van der Waals surface area contributed by atoms with E-state index in [4.69, 9.17) is 15.2 Å². The van der Waals surface area contributed by atoms with E-state index in [9.17, 15) is 4.79 Å². The van der Waals surface area contributed by atoms with Crippen LogP contribution < -0.4 is 11.1 Å². The highest BCUT2D eigenvalue weighted by Crippen LogP contribution is 1.86. The first-order chi connectivity index (χ1) is 6.72. The molecule has 0 saturated heterocycles. The molecule has 0 heterocycles. The molecule has 14 heavy (non-hydrogen) atoms. The highest BCUT2D eigenvalue weighted by molar-refractivity contribution is 5.79. The van der Waals surface area contributed by atoms with Crippen LogP contribution in [0.15, 0.2) is 0 Å². The van der Waals surface area contributed by atoms with Gasteiger partial charge in [-0.2, -0.15) is 0 Å². The standard InChI is InChI=1S/C9H20N2O3/c1-3-11-8(9(10)12)7-14-6-5-13-4-2/h8,11H,3-7H2,1-2H3,(H2,10,12). The van der Waals surface area contributed by atoms with Gasteiger partial charge in [-0.05, 0) is 13.5 Å². The molecule has 84 valence electrons. The molecule has 3 N–H and O–H groups in total. The summed E-state index contributed by atoms with van der Waals surface area (Å²) in [6.45, 7) is 6.55. The van der Waals surface area contributed by atoms with E-state index in [1.54, 1.807) is 0 Å². The van der Waals surface area contributed by atoms with Crippen molar-refractivity contribution in [2.24, 2.45) is 5.73 Å². The third kappa shape index (κ3) is 6.82. The molecule has 0 aromatic carbocycles. The largest absolute Gasteiger partial charge is 0.379 e. The minimum atomic E-state index is -0.401. The zero-order valence-corrected chi connectivity index (χ0v) is 8.91. The number of ether oxygens (including phenoxy) is 2.